The van der Waals surface area contributed by atoms with Gasteiger partial charge in [-0.3, -0.25) is 0 Å². The number of hydrogen-bond acceptors (Lipinski definition) is 17. The highest BCUT2D eigenvalue weighted by Crippen LogP contribution is 2.33. The first-order valence-corrected chi connectivity index (χ1v) is 24.5. The Morgan fingerprint density at radius 3 is 1.32 bits per heavy atom. The van der Waals surface area contributed by atoms with Gasteiger partial charge in [-0.25, -0.2) is 33.4 Å². The van der Waals surface area contributed by atoms with Crippen LogP contribution in [-0.4, -0.2) is 59.2 Å². The summed E-state index contributed by atoms with van der Waals surface area (Å²) in [4.78, 5) is 26.1. The second-order valence-corrected chi connectivity index (χ2v) is 18.4. The van der Waals surface area contributed by atoms with Crippen molar-refractivity contribution in [1.29, 1.82) is 10.5 Å². The maximum Gasteiger partial charge on any atom is 0.222 e. The van der Waals surface area contributed by atoms with Crippen molar-refractivity contribution in [3.05, 3.63) is 197 Å². The molecule has 0 amide bonds. The highest BCUT2D eigenvalue weighted by atomic mass is 19.1. The molecule has 6 aromatic heterocycles. The summed E-state index contributed by atoms with van der Waals surface area (Å²) in [6.45, 7) is 5.75. The monoisotopic (exact) mass is 1040 g/mol. The molecule has 0 atom stereocenters. The van der Waals surface area contributed by atoms with Crippen molar-refractivity contribution in [3.63, 3.8) is 0 Å². The highest BCUT2D eigenvalue weighted by Gasteiger charge is 2.20. The number of aryl methyl sites for hydroxylation is 1. The molecule has 6 aromatic carbocycles. The smallest absolute Gasteiger partial charge is 0.222 e. The number of nitrogens with two attached hydrogens (primary N) is 6. The van der Waals surface area contributed by atoms with Crippen molar-refractivity contribution in [2.45, 2.75) is 33.5 Å². The Bertz CT molecular complexity index is 4300. The van der Waals surface area contributed by atoms with Crippen molar-refractivity contribution in [2.75, 3.05) is 34.4 Å². The standard InChI is InChI=1S/C20H20N6.C19H14FN7.C19H15N7/c1-12-4-3-5-16(13(12)2)18-17-10-23-26(19(17)25-20(22)24-18)11-14-6-8-15(21)9-7-14;20-16-12(8-21)2-1-3-14(16)17-15-9-24-27(18(15)26-19(23)25-17)10-11-4-6-13(22)7-5-11;20-9-13-2-1-3-14(8-13)17-16-10-23-26(18(16)25-19(22)24-17)11-12-4-6-15(21)7-5-12/h3-10H,11,21H2,1-2H3,(H2,22,24,25);1-7,9H,10,22H2,(H2,23,25,26);1-8,10H,11,21H2,(H2,22,24,25). The molecule has 21 heteroatoms. The molecule has 79 heavy (non-hydrogen) atoms. The van der Waals surface area contributed by atoms with Crippen molar-refractivity contribution >= 4 is 68.0 Å². The molecular formula is C58H49FN20. The summed E-state index contributed by atoms with van der Waals surface area (Å²) in [5, 5.41) is 33.7. The lowest BCUT2D eigenvalue weighted by Crippen LogP contribution is -2.05. The fourth-order valence-corrected chi connectivity index (χ4v) is 8.83. The van der Waals surface area contributed by atoms with Crippen LogP contribution in [0.25, 0.3) is 66.9 Å². The SMILES string of the molecule is Cc1cccc(-c2nc(N)nc3c2cnn3Cc2ccc(N)cc2)c1C.N#Cc1cccc(-c2nc(N)nc3c2cnn3Cc2ccc(N)cc2)c1.N#Cc1cccc(-c2nc(N)nc3c2cnn3Cc2ccc(N)cc2)c1F. The Kier molecular flexibility index (Phi) is 14.2. The van der Waals surface area contributed by atoms with E-state index in [4.69, 9.17) is 44.9 Å². The predicted molar refractivity (Wildman–Crippen MR) is 304 cm³/mol. The van der Waals surface area contributed by atoms with Crippen LogP contribution in [0.1, 0.15) is 38.9 Å². The number of anilines is 6. The summed E-state index contributed by atoms with van der Waals surface area (Å²) < 4.78 is 19.9. The zero-order valence-corrected chi connectivity index (χ0v) is 42.7. The number of rotatable bonds is 9. The summed E-state index contributed by atoms with van der Waals surface area (Å²) in [5.74, 6) is -0.245. The Balaban J connectivity index is 0.000000134. The Morgan fingerprint density at radius 1 is 0.456 bits per heavy atom. The molecule has 0 spiro atoms. The molecule has 6 heterocycles. The largest absolute Gasteiger partial charge is 0.399 e. The second-order valence-electron chi connectivity index (χ2n) is 18.4. The number of hydrogen-bond donors (Lipinski definition) is 6. The molecule has 20 nitrogen and oxygen atoms in total. The molecule has 0 aliphatic heterocycles. The van der Waals surface area contributed by atoms with E-state index in [0.717, 1.165) is 55.6 Å². The van der Waals surface area contributed by atoms with Crippen LogP contribution in [0.3, 0.4) is 0 Å². The predicted octanol–water partition coefficient (Wildman–Crippen LogP) is 8.62. The number of benzene rings is 6. The average molecular weight is 1050 g/mol. The quantitative estimate of drug-likeness (QED) is 0.0736. The normalized spacial score (nSPS) is 10.9. The molecular weight excluding hydrogens is 996 g/mol. The van der Waals surface area contributed by atoms with Crippen LogP contribution < -0.4 is 34.4 Å². The average Bonchev–Trinajstić information content (AvgIpc) is 4.18. The minimum Gasteiger partial charge on any atom is -0.399 e. The molecule has 0 saturated carbocycles. The van der Waals surface area contributed by atoms with Crippen LogP contribution in [0.4, 0.5) is 39.3 Å². The van der Waals surface area contributed by atoms with E-state index in [1.807, 2.05) is 95.8 Å². The van der Waals surface area contributed by atoms with Crippen LogP contribution in [0.2, 0.25) is 0 Å². The van der Waals surface area contributed by atoms with E-state index in [9.17, 15) is 4.39 Å². The van der Waals surface area contributed by atoms with Crippen LogP contribution >= 0.6 is 0 Å². The van der Waals surface area contributed by atoms with E-state index in [-0.39, 0.29) is 29.0 Å². The Morgan fingerprint density at radius 2 is 0.861 bits per heavy atom. The van der Waals surface area contributed by atoms with E-state index in [0.29, 0.717) is 64.6 Å². The van der Waals surface area contributed by atoms with Gasteiger partial charge in [-0.05, 0) is 102 Å². The summed E-state index contributed by atoms with van der Waals surface area (Å²) in [6, 6.07) is 44.6. The fraction of sp³-hybridized carbons (Fsp3) is 0.0862. The third-order valence-electron chi connectivity index (χ3n) is 13.0. The van der Waals surface area contributed by atoms with E-state index in [1.165, 1.54) is 17.2 Å². The first kappa shape index (κ1) is 51.2. The fourth-order valence-electron chi connectivity index (χ4n) is 8.83. The summed E-state index contributed by atoms with van der Waals surface area (Å²) in [5.41, 5.74) is 48.8. The summed E-state index contributed by atoms with van der Waals surface area (Å²) in [7, 11) is 0. The van der Waals surface area contributed by atoms with Crippen molar-refractivity contribution in [2.24, 2.45) is 0 Å². The number of aromatic nitrogens is 12. The molecule has 0 fully saturated rings. The third kappa shape index (κ3) is 10.9. The molecule has 0 aliphatic carbocycles. The van der Waals surface area contributed by atoms with Gasteiger partial charge in [0.2, 0.25) is 17.8 Å². The lowest BCUT2D eigenvalue weighted by molar-refractivity contribution is 0.627. The molecule has 12 N–H and O–H groups in total. The number of fused-ring (bicyclic) bond motifs is 3. The van der Waals surface area contributed by atoms with Gasteiger partial charge in [-0.15, -0.1) is 0 Å². The van der Waals surface area contributed by atoms with Crippen LogP contribution in [-0.2, 0) is 19.6 Å². The summed E-state index contributed by atoms with van der Waals surface area (Å²) >= 11 is 0. The van der Waals surface area contributed by atoms with Gasteiger partial charge in [-0.1, -0.05) is 72.8 Å². The minimum absolute atomic E-state index is 0.00156. The zero-order chi connectivity index (χ0) is 55.3. The van der Waals surface area contributed by atoms with E-state index >= 15 is 0 Å². The first-order chi connectivity index (χ1) is 38.2. The molecule has 388 valence electrons. The number of nitriles is 2. The van der Waals surface area contributed by atoms with Crippen molar-refractivity contribution in [1.82, 2.24) is 59.2 Å². The summed E-state index contributed by atoms with van der Waals surface area (Å²) in [6.07, 6.45) is 5.10. The van der Waals surface area contributed by atoms with Gasteiger partial charge >= 0.3 is 0 Å². The van der Waals surface area contributed by atoms with E-state index < -0.39 is 5.82 Å². The lowest BCUT2D eigenvalue weighted by atomic mass is 9.99. The molecule has 0 unspecified atom stereocenters. The van der Waals surface area contributed by atoms with Gasteiger partial charge in [0.1, 0.15) is 11.9 Å². The number of nitrogens with zero attached hydrogens (tertiary/aromatic N) is 14. The van der Waals surface area contributed by atoms with E-state index in [1.54, 1.807) is 58.2 Å². The van der Waals surface area contributed by atoms with Crippen LogP contribution in [0.5, 0.6) is 0 Å². The highest BCUT2D eigenvalue weighted by molar-refractivity contribution is 5.93. The van der Waals surface area contributed by atoms with Gasteiger partial charge in [0, 0.05) is 33.8 Å². The zero-order valence-electron chi connectivity index (χ0n) is 42.7. The molecule has 0 radical (unpaired) electrons. The third-order valence-corrected chi connectivity index (χ3v) is 13.0. The minimum atomic E-state index is -0.648. The Labute approximate surface area is 451 Å². The van der Waals surface area contributed by atoms with Crippen molar-refractivity contribution in [3.8, 4) is 45.9 Å². The van der Waals surface area contributed by atoms with Gasteiger partial charge in [-0.2, -0.15) is 40.8 Å². The number of nitrogen functional groups attached to an aromatic ring is 6. The van der Waals surface area contributed by atoms with Gasteiger partial charge in [0.05, 0.1) is 88.7 Å². The maximum atomic E-state index is 14.6. The molecule has 0 saturated heterocycles. The van der Waals surface area contributed by atoms with Gasteiger partial charge in [0.15, 0.2) is 16.9 Å². The second kappa shape index (κ2) is 21.9. The molecule has 12 aromatic rings. The van der Waals surface area contributed by atoms with Gasteiger partial charge in [0.25, 0.3) is 0 Å². The van der Waals surface area contributed by atoms with Gasteiger partial charge < -0.3 is 34.4 Å². The van der Waals surface area contributed by atoms with E-state index in [2.05, 4.69) is 77.2 Å². The number of halogens is 1. The first-order valence-electron chi connectivity index (χ1n) is 24.5. The van der Waals surface area contributed by atoms with Crippen molar-refractivity contribution < 1.29 is 4.39 Å². The maximum absolute atomic E-state index is 14.6. The molecule has 12 rings (SSSR count). The van der Waals surface area contributed by atoms with Crippen LogP contribution in [0, 0.1) is 42.3 Å². The Hall–Kier alpha value is -11.3. The van der Waals surface area contributed by atoms with Crippen LogP contribution in [0.15, 0.2) is 152 Å². The molecule has 0 aliphatic rings. The molecule has 0 bridgehead atoms. The topological polar surface area (TPSA) is 334 Å². The lowest BCUT2D eigenvalue weighted by Gasteiger charge is -2.10.